The largest absolute Gasteiger partial charge is 0.389 e. The first-order valence-electron chi connectivity index (χ1n) is 6.29. The van der Waals surface area contributed by atoms with Gasteiger partial charge < -0.3 is 14.7 Å². The number of aliphatic hydroxyl groups excluding tert-OH is 2. The Balaban J connectivity index is 1.71. The lowest BCUT2D eigenvalue weighted by Crippen LogP contribution is -2.22. The average molecular weight is 296 g/mol. The van der Waals surface area contributed by atoms with Gasteiger partial charge in [0.25, 0.3) is 0 Å². The van der Waals surface area contributed by atoms with Crippen LogP contribution in [0.15, 0.2) is 28.8 Å². The molecule has 0 amide bonds. The van der Waals surface area contributed by atoms with Gasteiger partial charge in [-0.25, -0.2) is 0 Å². The summed E-state index contributed by atoms with van der Waals surface area (Å²) in [5, 5.41) is 23.5. The zero-order valence-electron chi connectivity index (χ0n) is 10.6. The highest BCUT2D eigenvalue weighted by Gasteiger charge is 2.30. The fourth-order valence-corrected chi connectivity index (χ4v) is 2.42. The Morgan fingerprint density at radius 3 is 2.75 bits per heavy atom. The fraction of sp³-hybridized carbons (Fsp3) is 0.385. The van der Waals surface area contributed by atoms with Crippen molar-refractivity contribution in [1.29, 1.82) is 0 Å². The highest BCUT2D eigenvalue weighted by atomic mass is 35.5. The number of halogens is 1. The second-order valence-corrected chi connectivity index (χ2v) is 5.29. The molecule has 0 radical (unpaired) electrons. The monoisotopic (exact) mass is 295 g/mol. The summed E-state index contributed by atoms with van der Waals surface area (Å²) in [4.78, 5) is 6.16. The number of hydrogen-bond acceptors (Lipinski definition) is 6. The molecule has 2 heterocycles. The molecule has 1 aromatic carbocycles. The number of aromatic nitrogens is 2. The second kappa shape index (κ2) is 5.49. The summed E-state index contributed by atoms with van der Waals surface area (Å²) in [6.45, 7) is 1.20. The molecule has 1 saturated heterocycles. The van der Waals surface area contributed by atoms with Crippen molar-refractivity contribution in [2.75, 3.05) is 13.1 Å². The lowest BCUT2D eigenvalue weighted by Gasteiger charge is -2.10. The number of nitrogens with zero attached hydrogens (tertiary/aromatic N) is 3. The van der Waals surface area contributed by atoms with Crippen LogP contribution in [-0.2, 0) is 6.54 Å². The molecule has 6 nitrogen and oxygen atoms in total. The van der Waals surface area contributed by atoms with Crippen molar-refractivity contribution in [2.24, 2.45) is 0 Å². The average Bonchev–Trinajstić information content (AvgIpc) is 2.98. The van der Waals surface area contributed by atoms with Crippen molar-refractivity contribution in [3.8, 4) is 11.4 Å². The van der Waals surface area contributed by atoms with Crippen LogP contribution in [0.2, 0.25) is 5.02 Å². The van der Waals surface area contributed by atoms with E-state index in [1.165, 1.54) is 0 Å². The molecule has 3 rings (SSSR count). The molecule has 20 heavy (non-hydrogen) atoms. The van der Waals surface area contributed by atoms with Gasteiger partial charge in [0.15, 0.2) is 0 Å². The molecule has 1 aliphatic heterocycles. The van der Waals surface area contributed by atoms with E-state index >= 15 is 0 Å². The maximum atomic E-state index is 9.49. The van der Waals surface area contributed by atoms with Gasteiger partial charge in [-0.3, -0.25) is 4.90 Å². The summed E-state index contributed by atoms with van der Waals surface area (Å²) in [6, 6.07) is 7.21. The first kappa shape index (κ1) is 13.5. The van der Waals surface area contributed by atoms with E-state index in [1.54, 1.807) is 12.1 Å². The van der Waals surface area contributed by atoms with E-state index in [1.807, 2.05) is 17.0 Å². The summed E-state index contributed by atoms with van der Waals surface area (Å²) < 4.78 is 5.18. The minimum absolute atomic E-state index is 0.399. The Kier molecular flexibility index (Phi) is 3.71. The fourth-order valence-electron chi connectivity index (χ4n) is 2.23. The molecule has 1 fully saturated rings. The maximum absolute atomic E-state index is 9.49. The molecule has 0 unspecified atom stereocenters. The van der Waals surface area contributed by atoms with Gasteiger partial charge in [-0.2, -0.15) is 4.98 Å². The molecule has 0 bridgehead atoms. The number of β-amino-alcohol motifs (C(OH)–C–C–N with tert-alkyl or cyclic N) is 2. The van der Waals surface area contributed by atoms with E-state index in [4.69, 9.17) is 16.1 Å². The summed E-state index contributed by atoms with van der Waals surface area (Å²) in [5.41, 5.74) is 0.786. The first-order chi connectivity index (χ1) is 9.61. The van der Waals surface area contributed by atoms with Gasteiger partial charge in [-0.15, -0.1) is 0 Å². The third-order valence-electron chi connectivity index (χ3n) is 3.24. The van der Waals surface area contributed by atoms with Gasteiger partial charge in [0.1, 0.15) is 0 Å². The van der Waals surface area contributed by atoms with Crippen molar-refractivity contribution in [2.45, 2.75) is 18.8 Å². The zero-order valence-corrected chi connectivity index (χ0v) is 11.4. The van der Waals surface area contributed by atoms with Crippen molar-refractivity contribution >= 4 is 11.6 Å². The molecule has 2 aromatic rings. The topological polar surface area (TPSA) is 82.6 Å². The molecule has 1 aromatic heterocycles. The highest BCUT2D eigenvalue weighted by molar-refractivity contribution is 6.30. The molecule has 1 aliphatic rings. The number of benzene rings is 1. The van der Waals surface area contributed by atoms with Gasteiger partial charge in [0.05, 0.1) is 18.8 Å². The van der Waals surface area contributed by atoms with E-state index < -0.39 is 12.2 Å². The maximum Gasteiger partial charge on any atom is 0.241 e. The van der Waals surface area contributed by atoms with Crippen molar-refractivity contribution in [1.82, 2.24) is 15.0 Å². The van der Waals surface area contributed by atoms with Gasteiger partial charge in [0, 0.05) is 23.7 Å². The Morgan fingerprint density at radius 2 is 2.05 bits per heavy atom. The quantitative estimate of drug-likeness (QED) is 0.876. The standard InChI is InChI=1S/C13H14ClN3O3/c14-9-3-1-2-8(4-9)13-15-12(20-16-13)7-17-5-10(18)11(19)6-17/h1-4,10-11,18-19H,5-7H2/t10-,11+. The third kappa shape index (κ3) is 2.83. The molecule has 7 heteroatoms. The molecule has 0 saturated carbocycles. The predicted molar refractivity (Wildman–Crippen MR) is 72.0 cm³/mol. The molecule has 2 atom stereocenters. The summed E-state index contributed by atoms with van der Waals surface area (Å²) in [7, 11) is 0. The predicted octanol–water partition coefficient (Wildman–Crippen LogP) is 0.927. The van der Waals surface area contributed by atoms with E-state index in [0.29, 0.717) is 36.4 Å². The third-order valence-corrected chi connectivity index (χ3v) is 3.48. The number of aliphatic hydroxyl groups is 2. The first-order valence-corrected chi connectivity index (χ1v) is 6.66. The summed E-state index contributed by atoms with van der Waals surface area (Å²) in [6.07, 6.45) is -1.43. The molecule has 2 N–H and O–H groups in total. The Hall–Kier alpha value is -1.47. The molecule has 0 aliphatic carbocycles. The zero-order chi connectivity index (χ0) is 14.1. The van der Waals surface area contributed by atoms with Crippen LogP contribution >= 0.6 is 11.6 Å². The number of hydrogen-bond donors (Lipinski definition) is 2. The smallest absolute Gasteiger partial charge is 0.241 e. The van der Waals surface area contributed by atoms with Gasteiger partial charge in [0.2, 0.25) is 11.7 Å². The SMILES string of the molecule is O[C@@H]1CN(Cc2nc(-c3cccc(Cl)c3)no2)C[C@@H]1O. The normalized spacial score (nSPS) is 23.4. The minimum atomic E-state index is -0.717. The summed E-state index contributed by atoms with van der Waals surface area (Å²) in [5.74, 6) is 0.920. The lowest BCUT2D eigenvalue weighted by molar-refractivity contribution is 0.0572. The van der Waals surface area contributed by atoms with E-state index in [2.05, 4.69) is 10.1 Å². The Labute approximate surface area is 120 Å². The second-order valence-electron chi connectivity index (χ2n) is 4.85. The van der Waals surface area contributed by atoms with Crippen LogP contribution in [0.3, 0.4) is 0 Å². The van der Waals surface area contributed by atoms with Crippen molar-refractivity contribution in [3.63, 3.8) is 0 Å². The van der Waals surface area contributed by atoms with E-state index in [9.17, 15) is 10.2 Å². The van der Waals surface area contributed by atoms with Crippen LogP contribution < -0.4 is 0 Å². The van der Waals surface area contributed by atoms with Crippen LogP contribution in [0, 0.1) is 0 Å². The molecular formula is C13H14ClN3O3. The molecule has 0 spiro atoms. The van der Waals surface area contributed by atoms with Crippen LogP contribution in [0.25, 0.3) is 11.4 Å². The van der Waals surface area contributed by atoms with Gasteiger partial charge in [-0.1, -0.05) is 28.9 Å². The van der Waals surface area contributed by atoms with Gasteiger partial charge in [-0.05, 0) is 12.1 Å². The number of likely N-dealkylation sites (tertiary alicyclic amines) is 1. The highest BCUT2D eigenvalue weighted by Crippen LogP contribution is 2.21. The minimum Gasteiger partial charge on any atom is -0.389 e. The molecular weight excluding hydrogens is 282 g/mol. The number of rotatable bonds is 3. The summed E-state index contributed by atoms with van der Waals surface area (Å²) >= 11 is 5.92. The van der Waals surface area contributed by atoms with Crippen LogP contribution in [-0.4, -0.2) is 50.6 Å². The Morgan fingerprint density at radius 1 is 1.30 bits per heavy atom. The van der Waals surface area contributed by atoms with Crippen LogP contribution in [0.5, 0.6) is 0 Å². The lowest BCUT2D eigenvalue weighted by atomic mass is 10.2. The van der Waals surface area contributed by atoms with Crippen LogP contribution in [0.1, 0.15) is 5.89 Å². The van der Waals surface area contributed by atoms with E-state index in [-0.39, 0.29) is 0 Å². The Bertz CT molecular complexity index is 594. The molecule has 106 valence electrons. The van der Waals surface area contributed by atoms with Gasteiger partial charge >= 0.3 is 0 Å². The van der Waals surface area contributed by atoms with Crippen molar-refractivity contribution in [3.05, 3.63) is 35.2 Å². The van der Waals surface area contributed by atoms with Crippen molar-refractivity contribution < 1.29 is 14.7 Å². The van der Waals surface area contributed by atoms with Crippen LogP contribution in [0.4, 0.5) is 0 Å². The van der Waals surface area contributed by atoms with E-state index in [0.717, 1.165) is 5.56 Å².